The number of carbonyl (C=O) groups excluding carboxylic acids is 1. The molecule has 2 aliphatic rings. The molecule has 0 atom stereocenters. The van der Waals surface area contributed by atoms with Crippen LogP contribution in [-0.4, -0.2) is 58.1 Å². The van der Waals surface area contributed by atoms with E-state index in [2.05, 4.69) is 21.5 Å². The van der Waals surface area contributed by atoms with Gasteiger partial charge in [-0.3, -0.25) is 14.8 Å². The number of ether oxygens (including phenoxy) is 2. The molecule has 0 saturated carbocycles. The van der Waals surface area contributed by atoms with Crippen LogP contribution in [0.3, 0.4) is 0 Å². The molecule has 1 saturated heterocycles. The number of aliphatic imine (C=N–C) groups is 1. The first-order chi connectivity index (χ1) is 14.7. The first-order valence-corrected chi connectivity index (χ1v) is 10.7. The van der Waals surface area contributed by atoms with Crippen molar-refractivity contribution >= 4 is 12.0 Å². The minimum atomic E-state index is -0.380. The quantitative estimate of drug-likeness (QED) is 0.572. The fourth-order valence-corrected chi connectivity index (χ4v) is 3.78. The Kier molecular flexibility index (Phi) is 7.00. The van der Waals surface area contributed by atoms with E-state index in [9.17, 15) is 4.79 Å². The van der Waals surface area contributed by atoms with Crippen molar-refractivity contribution in [2.45, 2.75) is 58.7 Å². The van der Waals surface area contributed by atoms with Gasteiger partial charge in [-0.05, 0) is 52.7 Å². The standard InChI is InChI=1S/C23H33N5O3/c1-16(21(25-11-10-24)31-23(3,4)5)14-27-12-8-18(9-13-27)28-15-19-20(30-22(28)29)7-6-17(2)26-19/h6-7,10-11,18H,1,8-9,12-15,24H2,2-5H3/b11-10-,25-21?. The molecule has 0 bridgehead atoms. The lowest BCUT2D eigenvalue weighted by atomic mass is 10.0. The molecule has 0 aliphatic carbocycles. The van der Waals surface area contributed by atoms with Crippen LogP contribution < -0.4 is 10.5 Å². The second kappa shape index (κ2) is 9.51. The number of rotatable bonds is 5. The third-order valence-electron chi connectivity index (χ3n) is 5.22. The number of amides is 1. The van der Waals surface area contributed by atoms with Crippen LogP contribution in [0.1, 0.15) is 45.0 Å². The maximum atomic E-state index is 12.5. The molecule has 3 rings (SSSR count). The van der Waals surface area contributed by atoms with Crippen LogP contribution in [0.15, 0.2) is 41.7 Å². The van der Waals surface area contributed by atoms with Crippen LogP contribution in [0.2, 0.25) is 0 Å². The number of aryl methyl sites for hydroxylation is 1. The van der Waals surface area contributed by atoms with Crippen LogP contribution in [0, 0.1) is 6.92 Å². The van der Waals surface area contributed by atoms with Gasteiger partial charge in [0.25, 0.3) is 0 Å². The molecule has 0 spiro atoms. The molecule has 3 heterocycles. The van der Waals surface area contributed by atoms with Crippen molar-refractivity contribution in [3.63, 3.8) is 0 Å². The molecule has 1 amide bonds. The van der Waals surface area contributed by atoms with Crippen molar-refractivity contribution in [3.8, 4) is 5.75 Å². The van der Waals surface area contributed by atoms with E-state index >= 15 is 0 Å². The Morgan fingerprint density at radius 3 is 2.74 bits per heavy atom. The molecular weight excluding hydrogens is 394 g/mol. The molecular formula is C23H33N5O3. The number of hydrogen-bond acceptors (Lipinski definition) is 7. The lowest BCUT2D eigenvalue weighted by molar-refractivity contribution is 0.0827. The summed E-state index contributed by atoms with van der Waals surface area (Å²) in [6.45, 7) is 14.9. The van der Waals surface area contributed by atoms with Gasteiger partial charge in [-0.2, -0.15) is 0 Å². The fraction of sp³-hybridized carbons (Fsp3) is 0.522. The van der Waals surface area contributed by atoms with Crippen LogP contribution in [0.4, 0.5) is 4.79 Å². The van der Waals surface area contributed by atoms with Crippen molar-refractivity contribution in [1.29, 1.82) is 0 Å². The molecule has 1 aromatic rings. The van der Waals surface area contributed by atoms with Gasteiger partial charge in [-0.1, -0.05) is 6.58 Å². The normalized spacial score (nSPS) is 18.8. The summed E-state index contributed by atoms with van der Waals surface area (Å²) in [7, 11) is 0. The summed E-state index contributed by atoms with van der Waals surface area (Å²) in [5.74, 6) is 1.06. The number of pyridine rings is 1. The predicted octanol–water partition coefficient (Wildman–Crippen LogP) is 3.37. The minimum Gasteiger partial charge on any atom is -0.472 e. The topological polar surface area (TPSA) is 93.3 Å². The average molecular weight is 428 g/mol. The van der Waals surface area contributed by atoms with Crippen molar-refractivity contribution in [2.24, 2.45) is 10.7 Å². The highest BCUT2D eigenvalue weighted by Crippen LogP contribution is 2.29. The summed E-state index contributed by atoms with van der Waals surface area (Å²) in [6, 6.07) is 3.81. The van der Waals surface area contributed by atoms with Crippen molar-refractivity contribution in [1.82, 2.24) is 14.8 Å². The number of nitrogens with two attached hydrogens (primary N) is 1. The number of piperidine rings is 1. The molecule has 0 unspecified atom stereocenters. The van der Waals surface area contributed by atoms with Crippen molar-refractivity contribution in [2.75, 3.05) is 19.6 Å². The van der Waals surface area contributed by atoms with E-state index in [1.807, 2.05) is 44.7 Å². The summed E-state index contributed by atoms with van der Waals surface area (Å²) in [4.78, 5) is 25.5. The van der Waals surface area contributed by atoms with E-state index in [4.69, 9.17) is 15.2 Å². The lowest BCUT2D eigenvalue weighted by Crippen LogP contribution is -2.50. The predicted molar refractivity (Wildman–Crippen MR) is 121 cm³/mol. The second-order valence-electron chi connectivity index (χ2n) is 8.99. The fourth-order valence-electron chi connectivity index (χ4n) is 3.78. The zero-order valence-corrected chi connectivity index (χ0v) is 18.9. The van der Waals surface area contributed by atoms with Gasteiger partial charge < -0.3 is 15.2 Å². The first kappa shape index (κ1) is 22.8. The minimum absolute atomic E-state index is 0.131. The summed E-state index contributed by atoms with van der Waals surface area (Å²) in [5.41, 5.74) is 7.60. The Morgan fingerprint density at radius 2 is 2.10 bits per heavy atom. The molecule has 2 N–H and O–H groups in total. The molecule has 8 heteroatoms. The highest BCUT2D eigenvalue weighted by Gasteiger charge is 2.34. The molecule has 1 aromatic heterocycles. The van der Waals surface area contributed by atoms with Crippen LogP contribution in [0.5, 0.6) is 5.75 Å². The molecule has 8 nitrogen and oxygen atoms in total. The number of fused-ring (bicyclic) bond motifs is 1. The first-order valence-electron chi connectivity index (χ1n) is 10.7. The van der Waals surface area contributed by atoms with E-state index < -0.39 is 0 Å². The number of hydrogen-bond donors (Lipinski definition) is 1. The van der Waals surface area contributed by atoms with Crippen LogP contribution in [-0.2, 0) is 11.3 Å². The van der Waals surface area contributed by atoms with Crippen molar-refractivity contribution in [3.05, 3.63) is 48.1 Å². The molecule has 2 aliphatic heterocycles. The highest BCUT2D eigenvalue weighted by molar-refractivity contribution is 5.94. The van der Waals surface area contributed by atoms with E-state index in [0.717, 1.165) is 42.9 Å². The molecule has 31 heavy (non-hydrogen) atoms. The molecule has 0 aromatic carbocycles. The van der Waals surface area contributed by atoms with Gasteiger partial charge in [-0.25, -0.2) is 9.79 Å². The Labute approximate surface area is 184 Å². The smallest absolute Gasteiger partial charge is 0.415 e. The number of likely N-dealkylation sites (tertiary alicyclic amines) is 1. The average Bonchev–Trinajstić information content (AvgIpc) is 2.70. The number of aromatic nitrogens is 1. The lowest BCUT2D eigenvalue weighted by Gasteiger charge is -2.39. The van der Waals surface area contributed by atoms with Crippen LogP contribution in [0.25, 0.3) is 0 Å². The number of nitrogens with zero attached hydrogens (tertiary/aromatic N) is 4. The monoisotopic (exact) mass is 427 g/mol. The summed E-state index contributed by atoms with van der Waals surface area (Å²) in [6.07, 6.45) is 4.31. The van der Waals surface area contributed by atoms with Crippen molar-refractivity contribution < 1.29 is 14.3 Å². The zero-order chi connectivity index (χ0) is 22.6. The summed E-state index contributed by atoms with van der Waals surface area (Å²) < 4.78 is 11.5. The Hall–Kier alpha value is -2.87. The SMILES string of the molecule is C=C(CN1CCC(N2Cc3nc(C)ccc3OC2=O)CC1)C(=N/C=C\N)OC(C)(C)C. The van der Waals surface area contributed by atoms with E-state index in [0.29, 0.717) is 24.7 Å². The van der Waals surface area contributed by atoms with Gasteiger partial charge in [0.05, 0.1) is 6.54 Å². The van der Waals surface area contributed by atoms with E-state index in [1.54, 1.807) is 0 Å². The third-order valence-corrected chi connectivity index (χ3v) is 5.22. The molecule has 1 fully saturated rings. The third kappa shape index (κ3) is 6.07. The Bertz CT molecular complexity index is 880. The van der Waals surface area contributed by atoms with Gasteiger partial charge in [0.15, 0.2) is 5.75 Å². The van der Waals surface area contributed by atoms with Gasteiger partial charge in [0.1, 0.15) is 11.3 Å². The Balaban J connectivity index is 1.58. The molecule has 0 radical (unpaired) electrons. The zero-order valence-electron chi connectivity index (χ0n) is 18.9. The maximum Gasteiger partial charge on any atom is 0.415 e. The van der Waals surface area contributed by atoms with Gasteiger partial charge in [0.2, 0.25) is 5.90 Å². The number of carbonyl (C=O) groups is 1. The largest absolute Gasteiger partial charge is 0.472 e. The van der Waals surface area contributed by atoms with E-state index in [-0.39, 0.29) is 17.7 Å². The van der Waals surface area contributed by atoms with Gasteiger partial charge in [-0.15, -0.1) is 0 Å². The highest BCUT2D eigenvalue weighted by atomic mass is 16.6. The van der Waals surface area contributed by atoms with E-state index in [1.165, 1.54) is 12.4 Å². The Morgan fingerprint density at radius 1 is 1.39 bits per heavy atom. The second-order valence-corrected chi connectivity index (χ2v) is 8.99. The summed E-state index contributed by atoms with van der Waals surface area (Å²) in [5, 5.41) is 0. The summed E-state index contributed by atoms with van der Waals surface area (Å²) >= 11 is 0. The maximum absolute atomic E-state index is 12.5. The molecule has 168 valence electrons. The van der Waals surface area contributed by atoms with Crippen LogP contribution >= 0.6 is 0 Å². The van der Waals surface area contributed by atoms with Gasteiger partial charge >= 0.3 is 6.09 Å². The van der Waals surface area contributed by atoms with Gasteiger partial charge in [0, 0.05) is 49.3 Å².